The molecule has 53 heavy (non-hydrogen) atoms. The zero-order valence-corrected chi connectivity index (χ0v) is 29.5. The van der Waals surface area contributed by atoms with Crippen LogP contribution in [0.2, 0.25) is 0 Å². The number of nitrogen functional groups attached to an aromatic ring is 2. The molecule has 6 rings (SSSR count). The van der Waals surface area contributed by atoms with Gasteiger partial charge in [0.25, 0.3) is 0 Å². The van der Waals surface area contributed by atoms with Crippen molar-refractivity contribution in [3.05, 3.63) is 25.3 Å². The molecule has 33 heteroatoms. The zero-order valence-electron chi connectivity index (χ0n) is 25.9. The van der Waals surface area contributed by atoms with Gasteiger partial charge in [-0.15, -0.1) is 0 Å². The number of imidazole rings is 2. The Hall–Kier alpha value is -2.98. The first-order valence-corrected chi connectivity index (χ1v) is 20.3. The Morgan fingerprint density at radius 2 is 0.943 bits per heavy atom. The van der Waals surface area contributed by atoms with E-state index in [0.717, 1.165) is 34.4 Å². The number of fused-ring (bicyclic) bond motifs is 2. The van der Waals surface area contributed by atoms with E-state index in [1.807, 2.05) is 0 Å². The minimum atomic E-state index is -6.19. The predicted molar refractivity (Wildman–Crippen MR) is 166 cm³/mol. The Morgan fingerprint density at radius 1 is 0.585 bits per heavy atom. The van der Waals surface area contributed by atoms with Crippen molar-refractivity contribution in [2.24, 2.45) is 0 Å². The van der Waals surface area contributed by atoms with E-state index in [0.29, 0.717) is 0 Å². The largest absolute Gasteiger partial charge is 0.490 e. The van der Waals surface area contributed by atoms with E-state index in [4.69, 9.17) is 20.9 Å². The molecule has 292 valence electrons. The van der Waals surface area contributed by atoms with Crippen LogP contribution < -0.4 is 11.5 Å². The van der Waals surface area contributed by atoms with Crippen LogP contribution in [0.1, 0.15) is 12.5 Å². The molecule has 0 spiro atoms. The van der Waals surface area contributed by atoms with Gasteiger partial charge in [-0.2, -0.15) is 12.9 Å². The third-order valence-electron chi connectivity index (χ3n) is 7.42. The molecule has 0 aliphatic carbocycles. The van der Waals surface area contributed by atoms with Crippen LogP contribution in [0, 0.1) is 0 Å². The first kappa shape index (κ1) is 39.7. The lowest BCUT2D eigenvalue weighted by Crippen LogP contribution is -2.33. The van der Waals surface area contributed by atoms with Gasteiger partial charge in [-0.3, -0.25) is 18.2 Å². The molecule has 0 aromatic carbocycles. The smallest absolute Gasteiger partial charge is 0.387 e. The highest BCUT2D eigenvalue weighted by atomic mass is 31.3. The maximum Gasteiger partial charge on any atom is 0.490 e. The van der Waals surface area contributed by atoms with E-state index in [2.05, 4.69) is 51.9 Å². The number of phosphoric ester groups is 2. The molecule has 2 aliphatic heterocycles. The summed E-state index contributed by atoms with van der Waals surface area (Å²) in [5, 5.41) is 41.8. The van der Waals surface area contributed by atoms with Crippen molar-refractivity contribution in [1.29, 1.82) is 0 Å². The number of nitrogens with zero attached hydrogens (tertiary/aromatic N) is 8. The van der Waals surface area contributed by atoms with Crippen molar-refractivity contribution in [2.45, 2.75) is 49.1 Å². The fraction of sp³-hybridized carbons (Fsp3) is 0.500. The lowest BCUT2D eigenvalue weighted by atomic mass is 10.1. The van der Waals surface area contributed by atoms with Gasteiger partial charge in [-0.05, 0) is 0 Å². The van der Waals surface area contributed by atoms with Gasteiger partial charge in [0.1, 0.15) is 60.3 Å². The number of nitrogens with two attached hydrogens (primary N) is 2. The highest BCUT2D eigenvalue weighted by molar-refractivity contribution is 7.69. The molecule has 0 bridgehead atoms. The molecular weight excluding hydrogens is 808 g/mol. The summed E-state index contributed by atoms with van der Waals surface area (Å²) in [6.07, 6.45) is -8.58. The molecule has 12 N–H and O–H groups in total. The summed E-state index contributed by atoms with van der Waals surface area (Å²) >= 11 is 0. The summed E-state index contributed by atoms with van der Waals surface area (Å²) in [6, 6.07) is 0. The molecule has 12 atom stereocenters. The molecule has 6 heterocycles. The predicted octanol–water partition coefficient (Wildman–Crippen LogP) is -2.45. The molecule has 0 radical (unpaired) electrons. The minimum Gasteiger partial charge on any atom is -0.387 e. The van der Waals surface area contributed by atoms with Crippen LogP contribution in [0.25, 0.3) is 22.3 Å². The summed E-state index contributed by atoms with van der Waals surface area (Å²) < 4.78 is 83.4. The number of hydrogen-bond donors (Lipinski definition) is 10. The zero-order chi connectivity index (χ0) is 38.7. The fourth-order valence-electron chi connectivity index (χ4n) is 5.11. The average Bonchev–Trinajstić information content (AvgIpc) is 3.80. The topological polar surface area (TPSA) is 434 Å². The SMILES string of the molecule is Nc1ncnc2c1ncn2[C@@H]1O[C@H](COP(=O)(O)OP(=O)(O)OP(=O)(O)OP(=O)(O)OC[C@H]2O[C@@H](n3cnc4c(N)ncnc43)[C@H](O)[C@H]2O)[C@H](O)[C@H]1O. The normalized spacial score (nSPS) is 30.9. The van der Waals surface area contributed by atoms with Crippen LogP contribution in [-0.2, 0) is 49.7 Å². The van der Waals surface area contributed by atoms with Gasteiger partial charge in [0.15, 0.2) is 35.4 Å². The molecule has 4 aromatic heterocycles. The highest BCUT2D eigenvalue weighted by Gasteiger charge is 2.50. The van der Waals surface area contributed by atoms with E-state index in [9.17, 15) is 58.3 Å². The Balaban J connectivity index is 1.01. The third-order valence-corrected chi connectivity index (χ3v) is 13.3. The summed E-state index contributed by atoms with van der Waals surface area (Å²) in [7, 11) is -23.9. The Labute approximate surface area is 293 Å². The van der Waals surface area contributed by atoms with Gasteiger partial charge in [-0.1, -0.05) is 0 Å². The maximum atomic E-state index is 12.4. The number of anilines is 2. The van der Waals surface area contributed by atoms with Gasteiger partial charge in [-0.25, -0.2) is 48.2 Å². The van der Waals surface area contributed by atoms with Crippen molar-refractivity contribution in [3.8, 4) is 0 Å². The van der Waals surface area contributed by atoms with Crippen molar-refractivity contribution in [2.75, 3.05) is 24.7 Å². The van der Waals surface area contributed by atoms with Gasteiger partial charge in [0.05, 0.1) is 25.9 Å². The number of rotatable bonds is 14. The summed E-state index contributed by atoms with van der Waals surface area (Å²) in [6.45, 7) is -2.22. The summed E-state index contributed by atoms with van der Waals surface area (Å²) in [4.78, 5) is 63.0. The number of ether oxygens (including phenoxy) is 2. The molecule has 0 amide bonds. The molecular formula is C20H28N10O19P4. The van der Waals surface area contributed by atoms with Gasteiger partial charge in [0.2, 0.25) is 0 Å². The van der Waals surface area contributed by atoms with E-state index in [1.165, 1.54) is 0 Å². The second-order valence-corrected chi connectivity index (χ2v) is 17.2. The molecule has 2 aliphatic rings. The summed E-state index contributed by atoms with van der Waals surface area (Å²) in [5.41, 5.74) is 11.9. The van der Waals surface area contributed by atoms with E-state index in [1.54, 1.807) is 0 Å². The van der Waals surface area contributed by atoms with Crippen LogP contribution in [0.5, 0.6) is 0 Å². The lowest BCUT2D eigenvalue weighted by Gasteiger charge is -2.21. The second-order valence-electron chi connectivity index (χ2n) is 11.0. The van der Waals surface area contributed by atoms with Crippen molar-refractivity contribution in [3.63, 3.8) is 0 Å². The van der Waals surface area contributed by atoms with Gasteiger partial charge < -0.3 is 60.9 Å². The van der Waals surface area contributed by atoms with Crippen LogP contribution in [0.4, 0.5) is 11.6 Å². The van der Waals surface area contributed by atoms with Crippen molar-refractivity contribution < 1.29 is 89.7 Å². The Morgan fingerprint density at radius 3 is 1.32 bits per heavy atom. The molecule has 0 saturated carbocycles. The summed E-state index contributed by atoms with van der Waals surface area (Å²) in [5.74, 6) is -0.0284. The maximum absolute atomic E-state index is 12.4. The van der Waals surface area contributed by atoms with Crippen molar-refractivity contribution >= 4 is 65.3 Å². The van der Waals surface area contributed by atoms with Crippen LogP contribution >= 0.6 is 31.3 Å². The van der Waals surface area contributed by atoms with E-state index < -0.39 is 93.6 Å². The van der Waals surface area contributed by atoms with Crippen LogP contribution in [-0.4, -0.2) is 129 Å². The Kier molecular flexibility index (Phi) is 10.9. The van der Waals surface area contributed by atoms with Crippen LogP contribution in [0.15, 0.2) is 25.3 Å². The van der Waals surface area contributed by atoms with Gasteiger partial charge in [0, 0.05) is 0 Å². The number of hydrogen-bond acceptors (Lipinski definition) is 23. The molecule has 29 nitrogen and oxygen atoms in total. The highest BCUT2D eigenvalue weighted by Crippen LogP contribution is 2.71. The number of aromatic nitrogens is 8. The lowest BCUT2D eigenvalue weighted by molar-refractivity contribution is -0.0505. The third kappa shape index (κ3) is 8.48. The standard InChI is InChI=1S/C20H28N10O19P4/c21-15-9-17(25-3-23-15)29(5-27-9)19-13(33)11(31)7(45-19)1-43-50(35,36)47-52(39,40)49-53(41,42)48-51(37,38)44-2-8-12(32)14(34)20(46-8)30-6-28-10-16(22)24-4-26-18(10)30/h3-8,11-14,19-20,31-34H,1-2H2,(H,35,36)(H,37,38)(H,39,40)(H,41,42)(H2,21,23,25)(H2,22,24,26)/t7-,8-,11+,12+,13-,14-,19-,20-/m1/s1. The number of aliphatic hydroxyl groups excluding tert-OH is 4. The number of phosphoric acid groups is 4. The van der Waals surface area contributed by atoms with E-state index in [-0.39, 0.29) is 34.0 Å². The van der Waals surface area contributed by atoms with Crippen LogP contribution in [0.3, 0.4) is 0 Å². The second kappa shape index (κ2) is 14.6. The Bertz CT molecular complexity index is 2040. The average molecular weight is 836 g/mol. The van der Waals surface area contributed by atoms with Crippen molar-refractivity contribution in [1.82, 2.24) is 39.0 Å². The first-order chi connectivity index (χ1) is 24.7. The molecule has 2 fully saturated rings. The first-order valence-electron chi connectivity index (χ1n) is 14.3. The van der Waals surface area contributed by atoms with Gasteiger partial charge >= 0.3 is 31.3 Å². The minimum absolute atomic E-state index is 0.0142. The van der Waals surface area contributed by atoms with E-state index >= 15 is 0 Å². The molecule has 4 unspecified atom stereocenters. The molecule has 4 aromatic rings. The monoisotopic (exact) mass is 836 g/mol. The number of aliphatic hydroxyl groups is 4. The molecule has 2 saturated heterocycles. The fourth-order valence-corrected chi connectivity index (χ4v) is 10.1. The quantitative estimate of drug-likeness (QED) is 0.0589.